The van der Waals surface area contributed by atoms with E-state index in [4.69, 9.17) is 0 Å². The third-order valence-corrected chi connectivity index (χ3v) is 5.04. The lowest BCUT2D eigenvalue weighted by molar-refractivity contribution is -0.130. The fourth-order valence-electron chi connectivity index (χ4n) is 4.09. The van der Waals surface area contributed by atoms with Gasteiger partial charge >= 0.3 is 0 Å². The van der Waals surface area contributed by atoms with Crippen LogP contribution in [0.15, 0.2) is 0 Å². The highest BCUT2D eigenvalue weighted by molar-refractivity contribution is 5.81. The lowest BCUT2D eigenvalue weighted by Crippen LogP contribution is -2.61. The Morgan fingerprint density at radius 2 is 1.81 bits per heavy atom. The molecule has 21 heavy (non-hydrogen) atoms. The van der Waals surface area contributed by atoms with E-state index in [1.54, 1.807) is 0 Å². The molecule has 2 bridgehead atoms. The number of amides is 1. The Bertz CT molecular complexity index is 331. The SMILES string of the molecule is CCNC1CC2CCCC(C1)N2C(C)C(=O)NCC(C)C. The number of piperidine rings is 2. The summed E-state index contributed by atoms with van der Waals surface area (Å²) in [5.41, 5.74) is 0. The van der Waals surface area contributed by atoms with Gasteiger partial charge in [0.2, 0.25) is 5.91 Å². The van der Waals surface area contributed by atoms with E-state index >= 15 is 0 Å². The van der Waals surface area contributed by atoms with Gasteiger partial charge in [0.05, 0.1) is 6.04 Å². The Hall–Kier alpha value is -0.610. The maximum absolute atomic E-state index is 12.4. The third kappa shape index (κ3) is 4.19. The number of carbonyl (C=O) groups excluding carboxylic acids is 1. The van der Waals surface area contributed by atoms with Crippen LogP contribution in [0, 0.1) is 5.92 Å². The number of nitrogens with one attached hydrogen (secondary N) is 2. The first-order valence-corrected chi connectivity index (χ1v) is 8.81. The molecule has 4 nitrogen and oxygen atoms in total. The van der Waals surface area contributed by atoms with Gasteiger partial charge in [0.1, 0.15) is 0 Å². The van der Waals surface area contributed by atoms with Gasteiger partial charge in [-0.05, 0) is 45.1 Å². The smallest absolute Gasteiger partial charge is 0.237 e. The summed E-state index contributed by atoms with van der Waals surface area (Å²) in [6.45, 7) is 10.4. The van der Waals surface area contributed by atoms with Gasteiger partial charge in [-0.3, -0.25) is 9.69 Å². The van der Waals surface area contributed by atoms with E-state index in [9.17, 15) is 4.79 Å². The summed E-state index contributed by atoms with van der Waals surface area (Å²) in [7, 11) is 0. The average molecular weight is 295 g/mol. The molecule has 2 aliphatic rings. The highest BCUT2D eigenvalue weighted by Crippen LogP contribution is 2.35. The van der Waals surface area contributed by atoms with Gasteiger partial charge in [0, 0.05) is 24.7 Å². The standard InChI is InChI=1S/C17H33N3O/c1-5-18-14-9-15-7-6-8-16(10-14)20(15)13(4)17(21)19-11-12(2)3/h12-16,18H,5-11H2,1-4H3,(H,19,21). The van der Waals surface area contributed by atoms with Crippen LogP contribution in [-0.2, 0) is 4.79 Å². The first-order valence-electron chi connectivity index (χ1n) is 8.81. The first-order chi connectivity index (χ1) is 10.0. The predicted molar refractivity (Wildman–Crippen MR) is 87.3 cm³/mol. The number of fused-ring (bicyclic) bond motifs is 2. The van der Waals surface area contributed by atoms with Crippen molar-refractivity contribution in [3.63, 3.8) is 0 Å². The van der Waals surface area contributed by atoms with E-state index in [1.807, 2.05) is 0 Å². The van der Waals surface area contributed by atoms with Gasteiger partial charge < -0.3 is 10.6 Å². The Balaban J connectivity index is 1.97. The molecular weight excluding hydrogens is 262 g/mol. The van der Waals surface area contributed by atoms with Crippen molar-refractivity contribution in [2.75, 3.05) is 13.1 Å². The zero-order valence-corrected chi connectivity index (χ0v) is 14.2. The minimum absolute atomic E-state index is 0.0154. The van der Waals surface area contributed by atoms with Crippen molar-refractivity contribution in [2.24, 2.45) is 5.92 Å². The van der Waals surface area contributed by atoms with E-state index < -0.39 is 0 Å². The fraction of sp³-hybridized carbons (Fsp3) is 0.941. The molecule has 0 aromatic carbocycles. The van der Waals surface area contributed by atoms with Crippen molar-refractivity contribution >= 4 is 5.91 Å². The fourth-order valence-corrected chi connectivity index (χ4v) is 4.09. The highest BCUT2D eigenvalue weighted by atomic mass is 16.2. The van der Waals surface area contributed by atoms with Gasteiger partial charge in [0.25, 0.3) is 0 Å². The Morgan fingerprint density at radius 3 is 2.33 bits per heavy atom. The highest BCUT2D eigenvalue weighted by Gasteiger charge is 2.41. The molecule has 3 unspecified atom stereocenters. The van der Waals surface area contributed by atoms with Crippen molar-refractivity contribution in [3.8, 4) is 0 Å². The van der Waals surface area contributed by atoms with E-state index in [1.165, 1.54) is 32.1 Å². The number of nitrogens with zero attached hydrogens (tertiary/aromatic N) is 1. The van der Waals surface area contributed by atoms with Crippen molar-refractivity contribution in [1.82, 2.24) is 15.5 Å². The minimum Gasteiger partial charge on any atom is -0.354 e. The molecule has 2 N–H and O–H groups in total. The first kappa shape index (κ1) is 16.8. The van der Waals surface area contributed by atoms with Crippen LogP contribution >= 0.6 is 0 Å². The van der Waals surface area contributed by atoms with Gasteiger partial charge in [0.15, 0.2) is 0 Å². The van der Waals surface area contributed by atoms with E-state index in [2.05, 4.69) is 43.2 Å². The molecule has 0 aliphatic carbocycles. The van der Waals surface area contributed by atoms with Crippen LogP contribution in [0.3, 0.4) is 0 Å². The van der Waals surface area contributed by atoms with Crippen LogP contribution in [-0.4, -0.2) is 48.1 Å². The number of hydrogen-bond acceptors (Lipinski definition) is 3. The van der Waals surface area contributed by atoms with E-state index in [0.29, 0.717) is 24.0 Å². The van der Waals surface area contributed by atoms with Gasteiger partial charge in [-0.25, -0.2) is 0 Å². The van der Waals surface area contributed by atoms with Crippen LogP contribution in [0.2, 0.25) is 0 Å². The summed E-state index contributed by atoms with van der Waals surface area (Å²) in [5, 5.41) is 6.72. The Kier molecular flexibility index (Phi) is 6.06. The van der Waals surface area contributed by atoms with Crippen LogP contribution in [0.25, 0.3) is 0 Å². The zero-order chi connectivity index (χ0) is 15.4. The molecule has 0 saturated carbocycles. The predicted octanol–water partition coefficient (Wildman–Crippen LogP) is 2.14. The van der Waals surface area contributed by atoms with Gasteiger partial charge in [-0.1, -0.05) is 27.2 Å². The normalized spacial score (nSPS) is 31.2. The van der Waals surface area contributed by atoms with Crippen molar-refractivity contribution in [3.05, 3.63) is 0 Å². The molecule has 2 heterocycles. The second kappa shape index (κ2) is 7.59. The molecule has 122 valence electrons. The molecule has 2 saturated heterocycles. The average Bonchev–Trinajstić information content (AvgIpc) is 2.43. The van der Waals surface area contributed by atoms with Crippen LogP contribution < -0.4 is 10.6 Å². The molecule has 2 aliphatic heterocycles. The summed E-state index contributed by atoms with van der Waals surface area (Å²) < 4.78 is 0. The summed E-state index contributed by atoms with van der Waals surface area (Å²) in [6, 6.07) is 1.83. The number of carbonyl (C=O) groups is 1. The van der Waals surface area contributed by atoms with Crippen molar-refractivity contribution in [2.45, 2.75) is 84.0 Å². The molecule has 0 aromatic rings. The third-order valence-electron chi connectivity index (χ3n) is 5.04. The summed E-state index contributed by atoms with van der Waals surface area (Å²) >= 11 is 0. The van der Waals surface area contributed by atoms with Crippen LogP contribution in [0.1, 0.15) is 59.8 Å². The molecule has 3 atom stereocenters. The van der Waals surface area contributed by atoms with Crippen LogP contribution in [0.5, 0.6) is 0 Å². The monoisotopic (exact) mass is 295 g/mol. The summed E-state index contributed by atoms with van der Waals surface area (Å²) in [6.07, 6.45) is 6.23. The number of rotatable bonds is 6. The largest absolute Gasteiger partial charge is 0.354 e. The van der Waals surface area contributed by atoms with Crippen LogP contribution in [0.4, 0.5) is 0 Å². The molecule has 0 spiro atoms. The minimum atomic E-state index is 0.0154. The molecule has 1 amide bonds. The van der Waals surface area contributed by atoms with Crippen molar-refractivity contribution < 1.29 is 4.79 Å². The maximum atomic E-state index is 12.4. The molecule has 4 heteroatoms. The molecule has 2 rings (SSSR count). The summed E-state index contributed by atoms with van der Waals surface area (Å²) in [5.74, 6) is 0.725. The second-order valence-electron chi connectivity index (χ2n) is 7.23. The topological polar surface area (TPSA) is 44.4 Å². The molecule has 2 fully saturated rings. The zero-order valence-electron chi connectivity index (χ0n) is 14.2. The molecule has 0 aromatic heterocycles. The lowest BCUT2D eigenvalue weighted by Gasteiger charge is -2.51. The Morgan fingerprint density at radius 1 is 1.19 bits per heavy atom. The van der Waals surface area contributed by atoms with E-state index in [0.717, 1.165) is 13.1 Å². The second-order valence-corrected chi connectivity index (χ2v) is 7.23. The van der Waals surface area contributed by atoms with Gasteiger partial charge in [-0.2, -0.15) is 0 Å². The van der Waals surface area contributed by atoms with Gasteiger partial charge in [-0.15, -0.1) is 0 Å². The number of hydrogen-bond donors (Lipinski definition) is 2. The summed E-state index contributed by atoms with van der Waals surface area (Å²) in [4.78, 5) is 14.9. The maximum Gasteiger partial charge on any atom is 0.237 e. The van der Waals surface area contributed by atoms with E-state index in [-0.39, 0.29) is 11.9 Å². The molecule has 0 radical (unpaired) electrons. The molecular formula is C17H33N3O. The Labute approximate surface area is 130 Å². The quantitative estimate of drug-likeness (QED) is 0.789. The van der Waals surface area contributed by atoms with Crippen molar-refractivity contribution in [1.29, 1.82) is 0 Å². The lowest BCUT2D eigenvalue weighted by atomic mass is 9.80.